The highest BCUT2D eigenvalue weighted by molar-refractivity contribution is 5.88. The molecular formula is C24H36FN5O2. The number of amides is 2. The SMILES string of the molecule is Cc1ccc(F)c2c1NC(C(=O)N[C@@H]1CCCC(N3CCN(C(=O)CN(C)C)CC3)C1)C2. The molecule has 2 aliphatic heterocycles. The second kappa shape index (κ2) is 9.75. The normalized spacial score (nSPS) is 26.0. The number of halogens is 1. The van der Waals surface area contributed by atoms with Gasteiger partial charge in [0.05, 0.1) is 6.54 Å². The highest BCUT2D eigenvalue weighted by Crippen LogP contribution is 2.32. The average Bonchev–Trinajstić information content (AvgIpc) is 3.23. The van der Waals surface area contributed by atoms with Crippen molar-refractivity contribution in [2.75, 3.05) is 52.1 Å². The van der Waals surface area contributed by atoms with Gasteiger partial charge in [-0.1, -0.05) is 6.07 Å². The molecule has 0 spiro atoms. The minimum absolute atomic E-state index is 0.0373. The minimum atomic E-state index is -0.410. The average molecular weight is 446 g/mol. The summed E-state index contributed by atoms with van der Waals surface area (Å²) in [7, 11) is 3.84. The van der Waals surface area contributed by atoms with E-state index in [2.05, 4.69) is 15.5 Å². The molecule has 0 aromatic heterocycles. The fraction of sp³-hybridized carbons (Fsp3) is 0.667. The number of likely N-dealkylation sites (N-methyl/N-ethyl adjacent to an activating group) is 1. The summed E-state index contributed by atoms with van der Waals surface area (Å²) in [6, 6.07) is 3.41. The largest absolute Gasteiger partial charge is 0.373 e. The van der Waals surface area contributed by atoms with Crippen molar-refractivity contribution in [2.24, 2.45) is 0 Å². The Labute approximate surface area is 190 Å². The molecule has 3 atom stereocenters. The van der Waals surface area contributed by atoms with Gasteiger partial charge in [0.2, 0.25) is 11.8 Å². The molecule has 8 heteroatoms. The van der Waals surface area contributed by atoms with Crippen LogP contribution in [0, 0.1) is 12.7 Å². The van der Waals surface area contributed by atoms with Gasteiger partial charge in [0.15, 0.2) is 0 Å². The summed E-state index contributed by atoms with van der Waals surface area (Å²) in [5.41, 5.74) is 2.36. The molecule has 1 saturated carbocycles. The molecule has 7 nitrogen and oxygen atoms in total. The predicted molar refractivity (Wildman–Crippen MR) is 123 cm³/mol. The van der Waals surface area contributed by atoms with Crippen molar-refractivity contribution in [3.05, 3.63) is 29.1 Å². The van der Waals surface area contributed by atoms with E-state index < -0.39 is 6.04 Å². The van der Waals surface area contributed by atoms with Crippen LogP contribution in [-0.4, -0.2) is 91.5 Å². The standard InChI is InChI=1S/C24H36FN5O2/c1-16-7-8-20(25)19-14-21(27-23(16)19)24(32)26-17-5-4-6-18(13-17)29-9-11-30(12-10-29)22(31)15-28(2)3/h7-8,17-18,21,27H,4-6,9-15H2,1-3H3,(H,26,32)/t17-,18?,21?/m1/s1. The predicted octanol–water partition coefficient (Wildman–Crippen LogP) is 1.60. The monoisotopic (exact) mass is 445 g/mol. The first-order valence-corrected chi connectivity index (χ1v) is 11.8. The lowest BCUT2D eigenvalue weighted by Crippen LogP contribution is -2.55. The van der Waals surface area contributed by atoms with Gasteiger partial charge in [-0.15, -0.1) is 0 Å². The van der Waals surface area contributed by atoms with Gasteiger partial charge in [-0.3, -0.25) is 14.5 Å². The molecule has 3 aliphatic rings. The Hall–Kier alpha value is -2.19. The van der Waals surface area contributed by atoms with E-state index in [9.17, 15) is 14.0 Å². The molecule has 2 amide bonds. The van der Waals surface area contributed by atoms with Gasteiger partial charge >= 0.3 is 0 Å². The van der Waals surface area contributed by atoms with Gasteiger partial charge in [-0.25, -0.2) is 4.39 Å². The number of fused-ring (bicyclic) bond motifs is 1. The highest BCUT2D eigenvalue weighted by Gasteiger charge is 2.34. The lowest BCUT2D eigenvalue weighted by molar-refractivity contribution is -0.134. The molecule has 1 aliphatic carbocycles. The van der Waals surface area contributed by atoms with E-state index in [1.807, 2.05) is 30.8 Å². The fourth-order valence-corrected chi connectivity index (χ4v) is 5.36. The Morgan fingerprint density at radius 2 is 1.94 bits per heavy atom. The van der Waals surface area contributed by atoms with Crippen molar-refractivity contribution < 1.29 is 14.0 Å². The van der Waals surface area contributed by atoms with Crippen LogP contribution in [0.1, 0.15) is 36.8 Å². The molecule has 2 unspecified atom stereocenters. The summed E-state index contributed by atoms with van der Waals surface area (Å²) in [4.78, 5) is 31.6. The Kier molecular flexibility index (Phi) is 7.00. The van der Waals surface area contributed by atoms with Crippen LogP contribution in [0.5, 0.6) is 0 Å². The van der Waals surface area contributed by atoms with Crippen LogP contribution in [0.3, 0.4) is 0 Å². The van der Waals surface area contributed by atoms with Crippen molar-refractivity contribution >= 4 is 17.5 Å². The molecule has 4 rings (SSSR count). The number of piperazine rings is 1. The minimum Gasteiger partial charge on any atom is -0.373 e. The van der Waals surface area contributed by atoms with Crippen molar-refractivity contribution in [3.63, 3.8) is 0 Å². The molecule has 176 valence electrons. The first kappa shape index (κ1) is 23.0. The van der Waals surface area contributed by atoms with E-state index in [0.717, 1.165) is 63.1 Å². The zero-order chi connectivity index (χ0) is 22.8. The zero-order valence-electron chi connectivity index (χ0n) is 19.5. The lowest BCUT2D eigenvalue weighted by Gasteiger charge is -2.42. The number of benzene rings is 1. The number of carbonyl (C=O) groups is 2. The van der Waals surface area contributed by atoms with Gasteiger partial charge in [-0.2, -0.15) is 0 Å². The Balaban J connectivity index is 1.27. The number of anilines is 1. The Morgan fingerprint density at radius 1 is 1.19 bits per heavy atom. The van der Waals surface area contributed by atoms with E-state index in [4.69, 9.17) is 0 Å². The molecule has 0 radical (unpaired) electrons. The molecule has 32 heavy (non-hydrogen) atoms. The van der Waals surface area contributed by atoms with Crippen molar-refractivity contribution in [1.82, 2.24) is 20.0 Å². The first-order chi connectivity index (χ1) is 15.3. The quantitative estimate of drug-likeness (QED) is 0.721. The fourth-order valence-electron chi connectivity index (χ4n) is 5.36. The summed E-state index contributed by atoms with van der Waals surface area (Å²) in [6.07, 6.45) is 4.53. The van der Waals surface area contributed by atoms with Crippen LogP contribution in [0.15, 0.2) is 12.1 Å². The van der Waals surface area contributed by atoms with E-state index >= 15 is 0 Å². The maximum absolute atomic E-state index is 14.2. The van der Waals surface area contributed by atoms with Crippen LogP contribution < -0.4 is 10.6 Å². The first-order valence-electron chi connectivity index (χ1n) is 11.8. The summed E-state index contributed by atoms with van der Waals surface area (Å²) in [5.74, 6) is -0.0840. The maximum Gasteiger partial charge on any atom is 0.243 e. The number of nitrogens with zero attached hydrogens (tertiary/aromatic N) is 3. The molecule has 0 bridgehead atoms. The van der Waals surface area contributed by atoms with Crippen LogP contribution in [0.25, 0.3) is 0 Å². The summed E-state index contributed by atoms with van der Waals surface area (Å²) in [5, 5.41) is 6.46. The van der Waals surface area contributed by atoms with Crippen molar-refractivity contribution in [3.8, 4) is 0 Å². The van der Waals surface area contributed by atoms with Gasteiger partial charge in [0.1, 0.15) is 11.9 Å². The molecule has 1 saturated heterocycles. The number of rotatable bonds is 5. The zero-order valence-corrected chi connectivity index (χ0v) is 19.5. The lowest BCUT2D eigenvalue weighted by atomic mass is 9.89. The molecule has 2 heterocycles. The second-order valence-electron chi connectivity index (χ2n) is 9.80. The van der Waals surface area contributed by atoms with Crippen molar-refractivity contribution in [1.29, 1.82) is 0 Å². The van der Waals surface area contributed by atoms with E-state index in [0.29, 0.717) is 24.6 Å². The summed E-state index contributed by atoms with van der Waals surface area (Å²) in [6.45, 7) is 5.72. The third-order valence-corrected chi connectivity index (χ3v) is 7.14. The number of carbonyl (C=O) groups excluding carboxylic acids is 2. The van der Waals surface area contributed by atoms with Gasteiger partial charge in [0.25, 0.3) is 0 Å². The Bertz CT molecular complexity index is 822. The van der Waals surface area contributed by atoms with Crippen molar-refractivity contribution in [2.45, 2.75) is 57.2 Å². The third-order valence-electron chi connectivity index (χ3n) is 7.14. The van der Waals surface area contributed by atoms with Gasteiger partial charge in [-0.05, 0) is 58.3 Å². The number of hydrogen-bond acceptors (Lipinski definition) is 5. The molecule has 1 aromatic rings. The smallest absolute Gasteiger partial charge is 0.243 e. The van der Waals surface area contributed by atoms with E-state index in [-0.39, 0.29) is 23.7 Å². The molecular weight excluding hydrogens is 409 g/mol. The van der Waals surface area contributed by atoms with Crippen LogP contribution in [0.4, 0.5) is 10.1 Å². The summed E-state index contributed by atoms with van der Waals surface area (Å²) < 4.78 is 14.2. The molecule has 1 aromatic carbocycles. The second-order valence-corrected chi connectivity index (χ2v) is 9.80. The summed E-state index contributed by atoms with van der Waals surface area (Å²) >= 11 is 0. The van der Waals surface area contributed by atoms with Crippen LogP contribution in [-0.2, 0) is 16.0 Å². The van der Waals surface area contributed by atoms with Crippen LogP contribution >= 0.6 is 0 Å². The molecule has 2 fully saturated rings. The number of nitrogens with one attached hydrogen (secondary N) is 2. The third kappa shape index (κ3) is 5.07. The number of hydrogen-bond donors (Lipinski definition) is 2. The van der Waals surface area contributed by atoms with E-state index in [1.54, 1.807) is 6.07 Å². The Morgan fingerprint density at radius 3 is 2.62 bits per heavy atom. The van der Waals surface area contributed by atoms with E-state index in [1.165, 1.54) is 6.07 Å². The molecule has 2 N–H and O–H groups in total. The maximum atomic E-state index is 14.2. The van der Waals surface area contributed by atoms with Crippen LogP contribution in [0.2, 0.25) is 0 Å². The topological polar surface area (TPSA) is 67.9 Å². The van der Waals surface area contributed by atoms with Gasteiger partial charge in [0, 0.05) is 55.9 Å². The van der Waals surface area contributed by atoms with Gasteiger partial charge < -0.3 is 20.4 Å². The highest BCUT2D eigenvalue weighted by atomic mass is 19.1. The number of aryl methyl sites for hydroxylation is 1.